The number of rotatable bonds is 5. The third kappa shape index (κ3) is 3.43. The summed E-state index contributed by atoms with van der Waals surface area (Å²) < 4.78 is 12.3. The summed E-state index contributed by atoms with van der Waals surface area (Å²) in [4.78, 5) is 31.6. The van der Waals surface area contributed by atoms with Crippen molar-refractivity contribution in [3.8, 4) is 11.4 Å². The lowest BCUT2D eigenvalue weighted by atomic mass is 10.1. The van der Waals surface area contributed by atoms with E-state index in [-0.39, 0.29) is 39.9 Å². The van der Waals surface area contributed by atoms with Gasteiger partial charge in [0, 0.05) is 0 Å². The molecule has 0 saturated carbocycles. The molecule has 0 aromatic heterocycles. The number of hydrogen-bond donors (Lipinski definition) is 4. The van der Waals surface area contributed by atoms with E-state index in [9.17, 15) is 19.8 Å². The SMILES string of the molecule is CC(C)C(=O)OC[C@@H]1O[C@H](n2cnc(N)c3c(C(N)=O)c(Br)nc2-3)[C@@H](O)[C@@H]1O. The minimum atomic E-state index is -1.37. The quantitative estimate of drug-likeness (QED) is 0.436. The number of esters is 1. The minimum Gasteiger partial charge on any atom is -0.463 e. The molecule has 28 heavy (non-hydrogen) atoms. The normalized spacial score (nSPS) is 24.8. The lowest BCUT2D eigenvalue weighted by molar-refractivity contribution is -0.153. The van der Waals surface area contributed by atoms with Crippen molar-refractivity contribution in [2.24, 2.45) is 11.7 Å². The van der Waals surface area contributed by atoms with E-state index in [4.69, 9.17) is 20.9 Å². The van der Waals surface area contributed by atoms with Gasteiger partial charge in [-0.2, -0.15) is 0 Å². The molecule has 0 aromatic carbocycles. The maximum absolute atomic E-state index is 11.7. The van der Waals surface area contributed by atoms with Crippen molar-refractivity contribution in [2.75, 3.05) is 12.3 Å². The number of fused-ring (bicyclic) bond motifs is 1. The second-order valence-corrected chi connectivity index (χ2v) is 7.46. The van der Waals surface area contributed by atoms with Crippen LogP contribution in [0.1, 0.15) is 30.4 Å². The van der Waals surface area contributed by atoms with Crippen LogP contribution in [0.5, 0.6) is 0 Å². The molecule has 3 aliphatic rings. The molecule has 4 atom stereocenters. The van der Waals surface area contributed by atoms with Crippen molar-refractivity contribution < 1.29 is 29.3 Å². The molecular weight excluding hydrogens is 438 g/mol. The van der Waals surface area contributed by atoms with Crippen LogP contribution in [0, 0.1) is 5.92 Å². The van der Waals surface area contributed by atoms with Gasteiger partial charge in [-0.05, 0) is 15.9 Å². The summed E-state index contributed by atoms with van der Waals surface area (Å²) >= 11 is 3.16. The molecule has 3 rings (SSSR count). The smallest absolute Gasteiger partial charge is 0.308 e. The molecule has 0 radical (unpaired) electrons. The Morgan fingerprint density at radius 3 is 2.68 bits per heavy atom. The van der Waals surface area contributed by atoms with Crippen molar-refractivity contribution in [3.63, 3.8) is 0 Å². The summed E-state index contributed by atoms with van der Waals surface area (Å²) in [5.41, 5.74) is 11.5. The first-order valence-electron chi connectivity index (χ1n) is 8.43. The Balaban J connectivity index is 1.91. The summed E-state index contributed by atoms with van der Waals surface area (Å²) in [7, 11) is 0. The van der Waals surface area contributed by atoms with Gasteiger partial charge in [-0.3, -0.25) is 14.2 Å². The molecule has 11 nitrogen and oxygen atoms in total. The highest BCUT2D eigenvalue weighted by molar-refractivity contribution is 9.10. The maximum Gasteiger partial charge on any atom is 0.308 e. The number of ether oxygens (including phenoxy) is 2. The predicted molar refractivity (Wildman–Crippen MR) is 99.0 cm³/mol. The fraction of sp³-hybridized carbons (Fsp3) is 0.500. The number of hydrogen-bond acceptors (Lipinski definition) is 9. The molecule has 0 unspecified atom stereocenters. The van der Waals surface area contributed by atoms with Gasteiger partial charge < -0.3 is 31.2 Å². The zero-order valence-electron chi connectivity index (χ0n) is 15.1. The van der Waals surface area contributed by atoms with Gasteiger partial charge in [0.1, 0.15) is 47.5 Å². The molecule has 3 heterocycles. The largest absolute Gasteiger partial charge is 0.463 e. The van der Waals surface area contributed by atoms with Crippen LogP contribution in [0.15, 0.2) is 10.9 Å². The molecule has 1 saturated heterocycles. The van der Waals surface area contributed by atoms with Gasteiger partial charge in [-0.1, -0.05) is 13.8 Å². The first kappa shape index (κ1) is 20.5. The monoisotopic (exact) mass is 457 g/mol. The summed E-state index contributed by atoms with van der Waals surface area (Å²) in [5.74, 6) is -1.34. The Kier molecular flexibility index (Phi) is 5.57. The average Bonchev–Trinajstić information content (AvgIpc) is 3.12. The van der Waals surface area contributed by atoms with Crippen molar-refractivity contribution >= 4 is 33.6 Å². The van der Waals surface area contributed by atoms with Crippen LogP contribution in [0.2, 0.25) is 0 Å². The zero-order chi connectivity index (χ0) is 20.7. The second kappa shape index (κ2) is 7.62. The number of carbonyl (C=O) groups excluding carboxylic acids is 2. The average molecular weight is 458 g/mol. The third-order valence-electron chi connectivity index (χ3n) is 4.42. The Morgan fingerprint density at radius 2 is 2.07 bits per heavy atom. The molecule has 1 amide bonds. The summed E-state index contributed by atoms with van der Waals surface area (Å²) in [6, 6.07) is 0. The van der Waals surface area contributed by atoms with Crippen LogP contribution < -0.4 is 11.5 Å². The van der Waals surface area contributed by atoms with Gasteiger partial charge in [-0.15, -0.1) is 0 Å². The van der Waals surface area contributed by atoms with Gasteiger partial charge in [-0.25, -0.2) is 9.97 Å². The number of aromatic nitrogens is 3. The number of nitrogen functional groups attached to an aromatic ring is 1. The number of primary amides is 1. The molecule has 1 fully saturated rings. The van der Waals surface area contributed by atoms with E-state index in [0.29, 0.717) is 0 Å². The molecule has 0 aliphatic carbocycles. The number of carbonyl (C=O) groups is 2. The number of amides is 1. The predicted octanol–water partition coefficient (Wildman–Crippen LogP) is -0.355. The van der Waals surface area contributed by atoms with Gasteiger partial charge >= 0.3 is 5.97 Å². The Morgan fingerprint density at radius 1 is 1.39 bits per heavy atom. The fourth-order valence-electron chi connectivity index (χ4n) is 2.93. The Labute approximate surface area is 168 Å². The first-order chi connectivity index (χ1) is 13.1. The second-order valence-electron chi connectivity index (χ2n) is 6.71. The molecule has 152 valence electrons. The standard InChI is InChI=1S/C16H20BrN5O6/c1-5(2)16(26)27-3-6-9(23)10(24)15(28-6)22-4-20-12(18)8-7(13(19)25)11(17)21-14(8)22/h4-6,9-10,15,23-24H,3,18H2,1-2H3,(H2,19,25)/t6-,9+,10-,15-/m0/s1. The zero-order valence-corrected chi connectivity index (χ0v) is 16.7. The number of nitrogens with two attached hydrogens (primary N) is 2. The highest BCUT2D eigenvalue weighted by Crippen LogP contribution is 2.39. The highest BCUT2D eigenvalue weighted by atomic mass is 79.9. The molecule has 0 spiro atoms. The topological polar surface area (TPSA) is 176 Å². The summed E-state index contributed by atoms with van der Waals surface area (Å²) in [5, 5.41) is 20.7. The molecule has 0 aromatic rings. The third-order valence-corrected chi connectivity index (χ3v) is 5.00. The summed E-state index contributed by atoms with van der Waals surface area (Å²) in [6.07, 6.45) is -3.48. The van der Waals surface area contributed by atoms with Gasteiger partial charge in [0.2, 0.25) is 0 Å². The minimum absolute atomic E-state index is 0.0219. The van der Waals surface area contributed by atoms with Gasteiger partial charge in [0.05, 0.1) is 17.0 Å². The number of anilines is 1. The highest BCUT2D eigenvalue weighted by Gasteiger charge is 2.45. The first-order valence-corrected chi connectivity index (χ1v) is 9.22. The van der Waals surface area contributed by atoms with Crippen molar-refractivity contribution in [1.82, 2.24) is 14.5 Å². The lowest BCUT2D eigenvalue weighted by Crippen LogP contribution is -2.35. The van der Waals surface area contributed by atoms with Gasteiger partial charge in [0.25, 0.3) is 5.91 Å². The lowest BCUT2D eigenvalue weighted by Gasteiger charge is -2.21. The van der Waals surface area contributed by atoms with Crippen LogP contribution in [0.25, 0.3) is 11.4 Å². The number of aliphatic hydroxyl groups excluding tert-OH is 2. The Hall–Kier alpha value is -2.28. The molecule has 3 aliphatic heterocycles. The fourth-order valence-corrected chi connectivity index (χ4v) is 3.49. The maximum atomic E-state index is 11.7. The van der Waals surface area contributed by atoms with Crippen molar-refractivity contribution in [1.29, 1.82) is 0 Å². The van der Waals surface area contributed by atoms with Gasteiger partial charge in [0.15, 0.2) is 6.23 Å². The van der Waals surface area contributed by atoms with Crippen LogP contribution in [0.4, 0.5) is 5.82 Å². The summed E-state index contributed by atoms with van der Waals surface area (Å²) in [6.45, 7) is 3.12. The molecule has 0 bridgehead atoms. The van der Waals surface area contributed by atoms with E-state index in [2.05, 4.69) is 25.9 Å². The van der Waals surface area contributed by atoms with E-state index in [0.717, 1.165) is 0 Å². The number of nitrogens with zero attached hydrogens (tertiary/aromatic N) is 3. The number of halogens is 1. The molecule has 6 N–H and O–H groups in total. The Bertz CT molecular complexity index is 887. The van der Waals surface area contributed by atoms with Crippen molar-refractivity contribution in [3.05, 3.63) is 16.5 Å². The van der Waals surface area contributed by atoms with E-state index in [1.807, 2.05) is 0 Å². The van der Waals surface area contributed by atoms with Crippen LogP contribution in [-0.2, 0) is 14.3 Å². The van der Waals surface area contributed by atoms with E-state index >= 15 is 0 Å². The van der Waals surface area contributed by atoms with Crippen LogP contribution >= 0.6 is 15.9 Å². The van der Waals surface area contributed by atoms with Crippen LogP contribution in [0.3, 0.4) is 0 Å². The van der Waals surface area contributed by atoms with E-state index < -0.39 is 36.4 Å². The molecule has 12 heteroatoms. The number of aliphatic hydroxyl groups is 2. The van der Waals surface area contributed by atoms with Crippen LogP contribution in [-0.4, -0.2) is 61.5 Å². The van der Waals surface area contributed by atoms with E-state index in [1.54, 1.807) is 13.8 Å². The van der Waals surface area contributed by atoms with E-state index in [1.165, 1.54) is 10.9 Å². The molecular formula is C16H20BrN5O6. The van der Waals surface area contributed by atoms with Crippen molar-refractivity contribution in [2.45, 2.75) is 38.4 Å².